The summed E-state index contributed by atoms with van der Waals surface area (Å²) in [7, 11) is 7.47. The van der Waals surface area contributed by atoms with E-state index in [9.17, 15) is 9.59 Å². The summed E-state index contributed by atoms with van der Waals surface area (Å²) in [5.41, 5.74) is 8.68. The van der Waals surface area contributed by atoms with Crippen molar-refractivity contribution < 1.29 is 9.59 Å². The Morgan fingerprint density at radius 2 is 1.79 bits per heavy atom. The number of aromatic nitrogens is 3. The number of nitrogens with two attached hydrogens (primary N) is 1. The Morgan fingerprint density at radius 3 is 2.50 bits per heavy atom. The molecular formula is C24H32N8O2. The molecule has 0 aliphatic heterocycles. The number of benzene rings is 1. The fraction of sp³-hybridized carbons (Fsp3) is 0.375. The lowest BCUT2D eigenvalue weighted by Crippen LogP contribution is -2.39. The minimum Gasteiger partial charge on any atom is -0.382 e. The molecule has 1 aromatic carbocycles. The van der Waals surface area contributed by atoms with Gasteiger partial charge in [-0.05, 0) is 32.6 Å². The van der Waals surface area contributed by atoms with Crippen LogP contribution >= 0.6 is 0 Å². The highest BCUT2D eigenvalue weighted by molar-refractivity contribution is 5.96. The molecule has 10 nitrogen and oxygen atoms in total. The van der Waals surface area contributed by atoms with E-state index >= 15 is 0 Å². The van der Waals surface area contributed by atoms with Crippen LogP contribution in [0.2, 0.25) is 0 Å². The van der Waals surface area contributed by atoms with Crippen molar-refractivity contribution in [3.8, 4) is 0 Å². The van der Waals surface area contributed by atoms with Crippen molar-refractivity contribution in [2.24, 2.45) is 0 Å². The number of nitrogens with one attached hydrogen (secondary N) is 1. The SMILES string of the molecule is Cc1cccc2cc(CNC(=O)c3nccnc3N)c(N(C)CCN(C)C(=O)CN(C)C)nc12. The van der Waals surface area contributed by atoms with Gasteiger partial charge in [-0.15, -0.1) is 0 Å². The molecule has 0 bridgehead atoms. The van der Waals surface area contributed by atoms with E-state index in [1.165, 1.54) is 12.4 Å². The minimum atomic E-state index is -0.405. The second-order valence-corrected chi connectivity index (χ2v) is 8.57. The number of pyridine rings is 1. The number of rotatable bonds is 9. The third kappa shape index (κ3) is 5.96. The number of fused-ring (bicyclic) bond motifs is 1. The fourth-order valence-corrected chi connectivity index (χ4v) is 3.55. The number of hydrogen-bond acceptors (Lipinski definition) is 8. The number of carbonyl (C=O) groups is 2. The number of nitrogens with zero attached hydrogens (tertiary/aromatic N) is 6. The topological polar surface area (TPSA) is 121 Å². The number of carbonyl (C=O) groups excluding carboxylic acids is 2. The molecule has 34 heavy (non-hydrogen) atoms. The minimum absolute atomic E-state index is 0.0507. The molecule has 0 spiro atoms. The maximum atomic E-state index is 12.6. The number of amides is 2. The van der Waals surface area contributed by atoms with E-state index in [2.05, 4.69) is 15.3 Å². The van der Waals surface area contributed by atoms with Gasteiger partial charge in [0.1, 0.15) is 5.82 Å². The fourth-order valence-electron chi connectivity index (χ4n) is 3.55. The molecule has 2 aromatic heterocycles. The summed E-state index contributed by atoms with van der Waals surface area (Å²) >= 11 is 0. The van der Waals surface area contributed by atoms with E-state index in [1.54, 1.807) is 11.9 Å². The van der Waals surface area contributed by atoms with Crippen molar-refractivity contribution in [3.05, 3.63) is 53.5 Å². The molecule has 0 aliphatic rings. The van der Waals surface area contributed by atoms with Crippen molar-refractivity contribution in [3.63, 3.8) is 0 Å². The molecule has 2 heterocycles. The first kappa shape index (κ1) is 24.8. The van der Waals surface area contributed by atoms with Crippen LogP contribution < -0.4 is 16.0 Å². The first-order valence-electron chi connectivity index (χ1n) is 11.0. The summed E-state index contributed by atoms with van der Waals surface area (Å²) in [5, 5.41) is 3.86. The number of anilines is 2. The molecule has 3 rings (SSSR count). The summed E-state index contributed by atoms with van der Waals surface area (Å²) in [6.45, 7) is 3.74. The number of likely N-dealkylation sites (N-methyl/N-ethyl adjacent to an activating group) is 3. The third-order valence-electron chi connectivity index (χ3n) is 5.49. The van der Waals surface area contributed by atoms with Crippen LogP contribution in [0.3, 0.4) is 0 Å². The van der Waals surface area contributed by atoms with Gasteiger partial charge in [0.2, 0.25) is 5.91 Å². The third-order valence-corrected chi connectivity index (χ3v) is 5.49. The highest BCUT2D eigenvalue weighted by atomic mass is 16.2. The molecular weight excluding hydrogens is 432 g/mol. The van der Waals surface area contributed by atoms with Crippen molar-refractivity contribution >= 4 is 34.4 Å². The lowest BCUT2D eigenvalue weighted by atomic mass is 10.1. The van der Waals surface area contributed by atoms with Gasteiger partial charge >= 0.3 is 0 Å². The van der Waals surface area contributed by atoms with E-state index in [-0.39, 0.29) is 24.0 Å². The van der Waals surface area contributed by atoms with E-state index in [0.29, 0.717) is 19.6 Å². The van der Waals surface area contributed by atoms with Crippen LogP contribution in [-0.4, -0.2) is 84.4 Å². The molecule has 10 heteroatoms. The molecule has 3 aromatic rings. The molecule has 0 atom stereocenters. The van der Waals surface area contributed by atoms with Crippen molar-refractivity contribution in [1.29, 1.82) is 0 Å². The van der Waals surface area contributed by atoms with E-state index < -0.39 is 5.91 Å². The van der Waals surface area contributed by atoms with Gasteiger partial charge in [-0.2, -0.15) is 0 Å². The van der Waals surface area contributed by atoms with Gasteiger partial charge in [0.05, 0.1) is 12.1 Å². The average molecular weight is 465 g/mol. The van der Waals surface area contributed by atoms with Crippen LogP contribution in [-0.2, 0) is 11.3 Å². The van der Waals surface area contributed by atoms with Gasteiger partial charge in [0.25, 0.3) is 5.91 Å². The lowest BCUT2D eigenvalue weighted by molar-refractivity contribution is -0.130. The zero-order chi connectivity index (χ0) is 24.8. The average Bonchev–Trinajstić information content (AvgIpc) is 2.80. The summed E-state index contributed by atoms with van der Waals surface area (Å²) < 4.78 is 0. The highest BCUT2D eigenvalue weighted by Crippen LogP contribution is 2.25. The van der Waals surface area contributed by atoms with Crippen LogP contribution in [0, 0.1) is 6.92 Å². The quantitative estimate of drug-likeness (QED) is 0.486. The van der Waals surface area contributed by atoms with Gasteiger partial charge < -0.3 is 25.8 Å². The van der Waals surface area contributed by atoms with Crippen molar-refractivity contribution in [2.45, 2.75) is 13.5 Å². The Hall–Kier alpha value is -3.79. The highest BCUT2D eigenvalue weighted by Gasteiger charge is 2.17. The predicted octanol–water partition coefficient (Wildman–Crippen LogP) is 1.30. The Kier molecular flexibility index (Phi) is 7.95. The second kappa shape index (κ2) is 10.9. The summed E-state index contributed by atoms with van der Waals surface area (Å²) in [6.07, 6.45) is 2.87. The smallest absolute Gasteiger partial charge is 0.273 e. The normalized spacial score (nSPS) is 11.0. The van der Waals surface area contributed by atoms with Gasteiger partial charge in [0, 0.05) is 57.1 Å². The van der Waals surface area contributed by atoms with Crippen molar-refractivity contribution in [2.75, 3.05) is 58.5 Å². The number of nitrogen functional groups attached to an aromatic ring is 1. The Bertz CT molecular complexity index is 1180. The first-order valence-corrected chi connectivity index (χ1v) is 11.0. The number of hydrogen-bond donors (Lipinski definition) is 2. The van der Waals surface area contributed by atoms with E-state index in [4.69, 9.17) is 10.7 Å². The molecule has 180 valence electrons. The molecule has 3 N–H and O–H groups in total. The predicted molar refractivity (Wildman–Crippen MR) is 134 cm³/mol. The Morgan fingerprint density at radius 1 is 1.06 bits per heavy atom. The lowest BCUT2D eigenvalue weighted by Gasteiger charge is -2.26. The second-order valence-electron chi connectivity index (χ2n) is 8.57. The molecule has 2 amide bonds. The Labute approximate surface area is 199 Å². The summed E-state index contributed by atoms with van der Waals surface area (Å²) in [6, 6.07) is 8.03. The monoisotopic (exact) mass is 464 g/mol. The molecule has 0 aliphatic carbocycles. The maximum absolute atomic E-state index is 12.6. The first-order chi connectivity index (χ1) is 16.2. The van der Waals surface area contributed by atoms with Crippen molar-refractivity contribution in [1.82, 2.24) is 30.1 Å². The summed E-state index contributed by atoms with van der Waals surface area (Å²) in [4.78, 5) is 43.4. The standard InChI is InChI=1S/C24H32N8O2/c1-16-7-6-8-17-13-18(14-28-24(34)21-22(25)27-10-9-26-21)23(29-20(16)17)32(5)12-11-31(4)19(33)15-30(2)3/h6-10,13H,11-12,14-15H2,1-5H3,(H2,25,27)(H,28,34). The van der Waals surface area contributed by atoms with Gasteiger partial charge in [-0.1, -0.05) is 18.2 Å². The largest absolute Gasteiger partial charge is 0.382 e. The van der Waals surface area contributed by atoms with Crippen LogP contribution in [0.5, 0.6) is 0 Å². The van der Waals surface area contributed by atoms with Crippen LogP contribution in [0.1, 0.15) is 21.6 Å². The Balaban J connectivity index is 1.83. The molecule has 0 saturated carbocycles. The van der Waals surface area contributed by atoms with Crippen LogP contribution in [0.4, 0.5) is 11.6 Å². The molecule has 0 saturated heterocycles. The van der Waals surface area contributed by atoms with Gasteiger partial charge in [-0.25, -0.2) is 15.0 Å². The van der Waals surface area contributed by atoms with Crippen LogP contribution in [0.15, 0.2) is 36.7 Å². The summed E-state index contributed by atoms with van der Waals surface area (Å²) in [5.74, 6) is 0.463. The molecule has 0 unspecified atom stereocenters. The molecule has 0 radical (unpaired) electrons. The number of aryl methyl sites for hydroxylation is 1. The number of para-hydroxylation sites is 1. The van der Waals surface area contributed by atoms with Crippen LogP contribution in [0.25, 0.3) is 10.9 Å². The zero-order valence-corrected chi connectivity index (χ0v) is 20.4. The maximum Gasteiger partial charge on any atom is 0.273 e. The van der Waals surface area contributed by atoms with E-state index in [0.717, 1.165) is 27.8 Å². The van der Waals surface area contributed by atoms with Gasteiger partial charge in [-0.3, -0.25) is 9.59 Å². The van der Waals surface area contributed by atoms with Gasteiger partial charge in [0.15, 0.2) is 11.5 Å². The zero-order valence-electron chi connectivity index (χ0n) is 20.4. The molecule has 0 fully saturated rings. The van der Waals surface area contributed by atoms with E-state index in [1.807, 2.05) is 62.1 Å².